The van der Waals surface area contributed by atoms with Gasteiger partial charge in [0.05, 0.1) is 25.2 Å². The molecule has 0 aliphatic rings. The van der Waals surface area contributed by atoms with Crippen molar-refractivity contribution in [2.24, 2.45) is 5.10 Å². The highest BCUT2D eigenvalue weighted by Crippen LogP contribution is 2.23. The van der Waals surface area contributed by atoms with E-state index in [2.05, 4.69) is 20.7 Å². The van der Waals surface area contributed by atoms with Crippen LogP contribution in [0, 0.1) is 0 Å². The number of methoxy groups -OCH3 is 1. The fourth-order valence-corrected chi connectivity index (χ4v) is 3.05. The van der Waals surface area contributed by atoms with E-state index in [9.17, 15) is 4.79 Å². The van der Waals surface area contributed by atoms with Crippen LogP contribution in [-0.2, 0) is 0 Å². The van der Waals surface area contributed by atoms with Crippen LogP contribution >= 0.6 is 0 Å². The lowest BCUT2D eigenvalue weighted by Crippen LogP contribution is -2.17. The number of carbonyl (C=O) groups excluding carboxylic acids is 1. The maximum Gasteiger partial charge on any atom is 0.271 e. The van der Waals surface area contributed by atoms with E-state index in [1.807, 2.05) is 66.7 Å². The third-order valence-corrected chi connectivity index (χ3v) is 4.67. The van der Waals surface area contributed by atoms with E-state index in [0.717, 1.165) is 33.7 Å². The summed E-state index contributed by atoms with van der Waals surface area (Å²) >= 11 is 0. The lowest BCUT2D eigenvalue weighted by atomic mass is 10.0. The van der Waals surface area contributed by atoms with E-state index < -0.39 is 0 Å². The van der Waals surface area contributed by atoms with Gasteiger partial charge in [-0.25, -0.2) is 5.43 Å². The Morgan fingerprint density at radius 2 is 1.60 bits per heavy atom. The van der Waals surface area contributed by atoms with Gasteiger partial charge in [-0.2, -0.15) is 10.2 Å². The number of rotatable bonds is 6. The number of carbonyl (C=O) groups is 1. The average molecular weight is 396 g/mol. The standard InChI is InChI=1S/C24H20N4O2/c1-30-22-13-11-19(12-14-22)23-21(15-25-27-23)16-26-28-24(29)20-9-7-18(8-10-20)17-5-3-2-4-6-17/h2-16H,1H3,(H,25,27)(H,28,29)/b26-16+. The molecule has 0 saturated heterocycles. The molecule has 6 heteroatoms. The Morgan fingerprint density at radius 1 is 0.933 bits per heavy atom. The predicted octanol–water partition coefficient (Wildman–Crippen LogP) is 4.52. The van der Waals surface area contributed by atoms with Gasteiger partial charge >= 0.3 is 0 Å². The first-order valence-electron chi connectivity index (χ1n) is 9.41. The van der Waals surface area contributed by atoms with E-state index in [1.165, 1.54) is 0 Å². The number of H-pyrrole nitrogens is 1. The maximum atomic E-state index is 12.4. The first kappa shape index (κ1) is 19.1. The van der Waals surface area contributed by atoms with Crippen molar-refractivity contribution in [3.8, 4) is 28.1 Å². The lowest BCUT2D eigenvalue weighted by molar-refractivity contribution is 0.0955. The number of hydrogen-bond acceptors (Lipinski definition) is 4. The number of nitrogens with one attached hydrogen (secondary N) is 2. The fourth-order valence-electron chi connectivity index (χ4n) is 3.05. The highest BCUT2D eigenvalue weighted by Gasteiger charge is 2.08. The molecule has 4 rings (SSSR count). The monoisotopic (exact) mass is 396 g/mol. The SMILES string of the molecule is COc1ccc(-c2[nH]ncc2/C=N/NC(=O)c2ccc(-c3ccccc3)cc2)cc1. The second-order valence-electron chi connectivity index (χ2n) is 6.57. The molecule has 0 bridgehead atoms. The van der Waals surface area contributed by atoms with Crippen molar-refractivity contribution in [2.45, 2.75) is 0 Å². The molecule has 0 atom stereocenters. The van der Waals surface area contributed by atoms with Gasteiger partial charge in [-0.3, -0.25) is 9.89 Å². The number of amides is 1. The Morgan fingerprint density at radius 3 is 2.30 bits per heavy atom. The largest absolute Gasteiger partial charge is 0.497 e. The van der Waals surface area contributed by atoms with Crippen molar-refractivity contribution < 1.29 is 9.53 Å². The molecule has 0 aliphatic carbocycles. The highest BCUT2D eigenvalue weighted by atomic mass is 16.5. The number of hydrogen-bond donors (Lipinski definition) is 2. The van der Waals surface area contributed by atoms with Crippen molar-refractivity contribution in [3.63, 3.8) is 0 Å². The van der Waals surface area contributed by atoms with Crippen LogP contribution < -0.4 is 10.2 Å². The molecule has 0 spiro atoms. The predicted molar refractivity (Wildman–Crippen MR) is 118 cm³/mol. The molecule has 148 valence electrons. The smallest absolute Gasteiger partial charge is 0.271 e. The molecule has 2 N–H and O–H groups in total. The number of aromatic amines is 1. The van der Waals surface area contributed by atoms with Crippen molar-refractivity contribution in [1.82, 2.24) is 15.6 Å². The van der Waals surface area contributed by atoms with Gasteiger partial charge < -0.3 is 4.74 Å². The van der Waals surface area contributed by atoms with Crippen molar-refractivity contribution >= 4 is 12.1 Å². The molecule has 30 heavy (non-hydrogen) atoms. The number of ether oxygens (including phenoxy) is 1. The molecule has 0 fully saturated rings. The van der Waals surface area contributed by atoms with Gasteiger partial charge in [-0.05, 0) is 47.5 Å². The van der Waals surface area contributed by atoms with E-state index >= 15 is 0 Å². The molecule has 3 aromatic carbocycles. The van der Waals surface area contributed by atoms with Crippen LogP contribution in [0.15, 0.2) is 90.2 Å². The molecule has 1 amide bonds. The summed E-state index contributed by atoms with van der Waals surface area (Å²) < 4.78 is 5.18. The minimum absolute atomic E-state index is 0.277. The molecule has 0 radical (unpaired) electrons. The van der Waals surface area contributed by atoms with Crippen LogP contribution in [-0.4, -0.2) is 29.4 Å². The lowest BCUT2D eigenvalue weighted by Gasteiger charge is -2.04. The second-order valence-corrected chi connectivity index (χ2v) is 6.57. The highest BCUT2D eigenvalue weighted by molar-refractivity contribution is 5.96. The zero-order valence-electron chi connectivity index (χ0n) is 16.4. The molecule has 4 aromatic rings. The fraction of sp³-hybridized carbons (Fsp3) is 0.0417. The summed E-state index contributed by atoms with van der Waals surface area (Å²) in [5.41, 5.74) is 7.77. The van der Waals surface area contributed by atoms with Gasteiger partial charge in [0.1, 0.15) is 5.75 Å². The van der Waals surface area contributed by atoms with E-state index in [1.54, 1.807) is 31.7 Å². The van der Waals surface area contributed by atoms with Gasteiger partial charge in [-0.15, -0.1) is 0 Å². The summed E-state index contributed by atoms with van der Waals surface area (Å²) in [7, 11) is 1.63. The van der Waals surface area contributed by atoms with Crippen LogP contribution in [0.5, 0.6) is 5.75 Å². The number of hydrazone groups is 1. The molecule has 0 unspecified atom stereocenters. The molecule has 6 nitrogen and oxygen atoms in total. The Bertz CT molecular complexity index is 1150. The van der Waals surface area contributed by atoms with Gasteiger partial charge in [0.25, 0.3) is 5.91 Å². The zero-order valence-corrected chi connectivity index (χ0v) is 16.4. The van der Waals surface area contributed by atoms with Crippen LogP contribution in [0.1, 0.15) is 15.9 Å². The van der Waals surface area contributed by atoms with Crippen molar-refractivity contribution in [3.05, 3.63) is 96.2 Å². The Labute approximate surface area is 174 Å². The second kappa shape index (κ2) is 8.87. The average Bonchev–Trinajstić information content (AvgIpc) is 3.28. The van der Waals surface area contributed by atoms with Crippen molar-refractivity contribution in [2.75, 3.05) is 7.11 Å². The summed E-state index contributed by atoms with van der Waals surface area (Å²) in [4.78, 5) is 12.4. The minimum atomic E-state index is -0.277. The Balaban J connectivity index is 1.42. The molecule has 1 aromatic heterocycles. The summed E-state index contributed by atoms with van der Waals surface area (Å²) in [5, 5.41) is 11.1. The van der Waals surface area contributed by atoms with Gasteiger partial charge in [0.2, 0.25) is 0 Å². The molecular weight excluding hydrogens is 376 g/mol. The summed E-state index contributed by atoms with van der Waals surface area (Å²) in [6, 6.07) is 25.0. The van der Waals surface area contributed by atoms with E-state index in [4.69, 9.17) is 4.74 Å². The number of nitrogens with zero attached hydrogens (tertiary/aromatic N) is 2. The number of aromatic nitrogens is 2. The van der Waals surface area contributed by atoms with Crippen LogP contribution in [0.3, 0.4) is 0 Å². The molecule has 1 heterocycles. The summed E-state index contributed by atoms with van der Waals surface area (Å²) in [6.07, 6.45) is 3.23. The van der Waals surface area contributed by atoms with E-state index in [0.29, 0.717) is 5.56 Å². The summed E-state index contributed by atoms with van der Waals surface area (Å²) in [5.74, 6) is 0.499. The maximum absolute atomic E-state index is 12.4. The van der Waals surface area contributed by atoms with Crippen LogP contribution in [0.25, 0.3) is 22.4 Å². The summed E-state index contributed by atoms with van der Waals surface area (Å²) in [6.45, 7) is 0. The first-order chi connectivity index (χ1) is 14.7. The Kier molecular flexibility index (Phi) is 5.66. The third kappa shape index (κ3) is 4.28. The normalized spacial score (nSPS) is 10.8. The Hall–Kier alpha value is -4.19. The molecule has 0 aliphatic heterocycles. The van der Waals surface area contributed by atoms with Crippen molar-refractivity contribution in [1.29, 1.82) is 0 Å². The topological polar surface area (TPSA) is 79.4 Å². The molecule has 0 saturated carbocycles. The van der Waals surface area contributed by atoms with E-state index in [-0.39, 0.29) is 5.91 Å². The zero-order chi connectivity index (χ0) is 20.8. The third-order valence-electron chi connectivity index (χ3n) is 4.67. The number of benzene rings is 3. The van der Waals surface area contributed by atoms with Crippen LogP contribution in [0.2, 0.25) is 0 Å². The van der Waals surface area contributed by atoms with Crippen LogP contribution in [0.4, 0.5) is 0 Å². The quantitative estimate of drug-likeness (QED) is 0.372. The first-order valence-corrected chi connectivity index (χ1v) is 9.41. The minimum Gasteiger partial charge on any atom is -0.497 e. The van der Waals surface area contributed by atoms with Gasteiger partial charge in [0.15, 0.2) is 0 Å². The molecular formula is C24H20N4O2. The van der Waals surface area contributed by atoms with Gasteiger partial charge in [0, 0.05) is 16.7 Å². The van der Waals surface area contributed by atoms with Gasteiger partial charge in [-0.1, -0.05) is 42.5 Å².